The first kappa shape index (κ1) is 15.8. The predicted octanol–water partition coefficient (Wildman–Crippen LogP) is 2.11. The van der Waals surface area contributed by atoms with Crippen molar-refractivity contribution in [2.45, 2.75) is 0 Å². The molecule has 7 heteroatoms. The molecule has 0 unspecified atom stereocenters. The van der Waals surface area contributed by atoms with Gasteiger partial charge in [-0.3, -0.25) is 9.59 Å². The van der Waals surface area contributed by atoms with E-state index in [0.29, 0.717) is 10.8 Å². The topological polar surface area (TPSA) is 55.8 Å². The van der Waals surface area contributed by atoms with Crippen molar-refractivity contribution in [2.24, 2.45) is 0 Å². The van der Waals surface area contributed by atoms with Crippen molar-refractivity contribution in [1.29, 1.82) is 0 Å². The number of rotatable bonds is 5. The van der Waals surface area contributed by atoms with E-state index in [0.717, 1.165) is 4.47 Å². The van der Waals surface area contributed by atoms with Crippen LogP contribution in [0.2, 0.25) is 5.02 Å². The molecule has 104 valence electrons. The Morgan fingerprint density at radius 1 is 1.42 bits per heavy atom. The molecule has 1 rings (SSSR count). The fourth-order valence-corrected chi connectivity index (χ4v) is 1.92. The third kappa shape index (κ3) is 5.08. The van der Waals surface area contributed by atoms with E-state index in [2.05, 4.69) is 20.7 Å². The van der Waals surface area contributed by atoms with Crippen LogP contribution in [0.25, 0.3) is 0 Å². The number of amides is 1. The zero-order valence-corrected chi connectivity index (χ0v) is 12.8. The van der Waals surface area contributed by atoms with Crippen LogP contribution in [0, 0.1) is 0 Å². The summed E-state index contributed by atoms with van der Waals surface area (Å²) in [5.74, 6) is -0.424. The summed E-state index contributed by atoms with van der Waals surface area (Å²) in [6, 6.07) is 5.07. The van der Waals surface area contributed by atoms with Crippen molar-refractivity contribution in [1.82, 2.24) is 4.90 Å². The van der Waals surface area contributed by atoms with Crippen molar-refractivity contribution in [3.63, 3.8) is 0 Å². The Morgan fingerprint density at radius 2 is 2.11 bits per heavy atom. The standard InChI is InChI=1S/C12H13BrClNO4/c1-15(6-12(17)18-2)11(16)7-19-10-4-3-8(13)5-9(10)14/h3-5H,6-7H2,1-2H3. The molecule has 0 spiro atoms. The molecule has 0 aliphatic rings. The van der Waals surface area contributed by atoms with Crippen LogP contribution in [0.4, 0.5) is 0 Å². The van der Waals surface area contributed by atoms with Crippen molar-refractivity contribution < 1.29 is 19.1 Å². The normalized spacial score (nSPS) is 9.89. The lowest BCUT2D eigenvalue weighted by molar-refractivity contribution is -0.146. The van der Waals surface area contributed by atoms with Gasteiger partial charge in [-0.05, 0) is 18.2 Å². The van der Waals surface area contributed by atoms with Gasteiger partial charge in [0, 0.05) is 11.5 Å². The molecule has 0 bridgehead atoms. The van der Waals surface area contributed by atoms with Gasteiger partial charge in [-0.15, -0.1) is 0 Å². The summed E-state index contributed by atoms with van der Waals surface area (Å²) in [6.07, 6.45) is 0. The first-order valence-corrected chi connectivity index (χ1v) is 6.49. The molecule has 0 atom stereocenters. The molecule has 0 aromatic heterocycles. The van der Waals surface area contributed by atoms with Crippen LogP contribution in [0.3, 0.4) is 0 Å². The molecular formula is C12H13BrClNO4. The summed E-state index contributed by atoms with van der Waals surface area (Å²) >= 11 is 9.21. The average molecular weight is 351 g/mol. The first-order valence-electron chi connectivity index (χ1n) is 5.32. The van der Waals surface area contributed by atoms with E-state index in [4.69, 9.17) is 16.3 Å². The molecule has 5 nitrogen and oxygen atoms in total. The molecule has 0 fully saturated rings. The molecular weight excluding hydrogens is 337 g/mol. The third-order valence-electron chi connectivity index (χ3n) is 2.26. The first-order chi connectivity index (χ1) is 8.93. The van der Waals surface area contributed by atoms with Gasteiger partial charge in [-0.2, -0.15) is 0 Å². The molecule has 1 aromatic carbocycles. The monoisotopic (exact) mass is 349 g/mol. The molecule has 0 aliphatic carbocycles. The minimum Gasteiger partial charge on any atom is -0.482 e. The minimum absolute atomic E-state index is 0.118. The van der Waals surface area contributed by atoms with E-state index in [9.17, 15) is 9.59 Å². The molecule has 0 N–H and O–H groups in total. The van der Waals surface area contributed by atoms with Gasteiger partial charge >= 0.3 is 5.97 Å². The Balaban J connectivity index is 2.52. The van der Waals surface area contributed by atoms with Gasteiger partial charge in [0.05, 0.1) is 12.1 Å². The average Bonchev–Trinajstić information content (AvgIpc) is 2.37. The van der Waals surface area contributed by atoms with E-state index in [-0.39, 0.29) is 19.1 Å². The van der Waals surface area contributed by atoms with Gasteiger partial charge in [0.25, 0.3) is 5.91 Å². The Kier molecular flexibility index (Phi) is 6.11. The van der Waals surface area contributed by atoms with E-state index in [1.54, 1.807) is 18.2 Å². The molecule has 0 saturated heterocycles. The summed E-state index contributed by atoms with van der Waals surface area (Å²) in [5.41, 5.74) is 0. The smallest absolute Gasteiger partial charge is 0.325 e. The van der Waals surface area contributed by atoms with Crippen LogP contribution in [0.15, 0.2) is 22.7 Å². The van der Waals surface area contributed by atoms with Crippen molar-refractivity contribution in [3.05, 3.63) is 27.7 Å². The van der Waals surface area contributed by atoms with Gasteiger partial charge in [0.2, 0.25) is 0 Å². The lowest BCUT2D eigenvalue weighted by Gasteiger charge is -2.16. The fourth-order valence-electron chi connectivity index (χ4n) is 1.19. The van der Waals surface area contributed by atoms with Crippen LogP contribution >= 0.6 is 27.5 Å². The highest BCUT2D eigenvalue weighted by Crippen LogP contribution is 2.27. The van der Waals surface area contributed by atoms with E-state index >= 15 is 0 Å². The summed E-state index contributed by atoms with van der Waals surface area (Å²) < 4.78 is 10.6. The van der Waals surface area contributed by atoms with Crippen molar-refractivity contribution in [2.75, 3.05) is 27.3 Å². The van der Waals surface area contributed by atoms with Gasteiger partial charge in [-0.25, -0.2) is 0 Å². The maximum atomic E-state index is 11.7. The van der Waals surface area contributed by atoms with Crippen molar-refractivity contribution >= 4 is 39.4 Å². The Hall–Kier alpha value is -1.27. The largest absolute Gasteiger partial charge is 0.482 e. The van der Waals surface area contributed by atoms with Crippen LogP contribution < -0.4 is 4.74 Å². The van der Waals surface area contributed by atoms with Gasteiger partial charge in [-0.1, -0.05) is 27.5 Å². The van der Waals surface area contributed by atoms with Crippen LogP contribution in [0.5, 0.6) is 5.75 Å². The van der Waals surface area contributed by atoms with E-state index in [1.165, 1.54) is 19.1 Å². The highest BCUT2D eigenvalue weighted by atomic mass is 79.9. The van der Waals surface area contributed by atoms with Gasteiger partial charge in [0.15, 0.2) is 6.61 Å². The third-order valence-corrected chi connectivity index (χ3v) is 3.05. The van der Waals surface area contributed by atoms with E-state index in [1.807, 2.05) is 0 Å². The number of ether oxygens (including phenoxy) is 2. The zero-order valence-electron chi connectivity index (χ0n) is 10.5. The number of carbonyl (C=O) groups is 2. The number of hydrogen-bond acceptors (Lipinski definition) is 4. The maximum Gasteiger partial charge on any atom is 0.325 e. The number of esters is 1. The van der Waals surface area contributed by atoms with E-state index < -0.39 is 5.97 Å². The highest BCUT2D eigenvalue weighted by molar-refractivity contribution is 9.10. The van der Waals surface area contributed by atoms with Gasteiger partial charge < -0.3 is 14.4 Å². The number of benzene rings is 1. The summed E-state index contributed by atoms with van der Waals surface area (Å²) in [4.78, 5) is 23.9. The summed E-state index contributed by atoms with van der Waals surface area (Å²) in [5, 5.41) is 0.401. The number of methoxy groups -OCH3 is 1. The van der Waals surface area contributed by atoms with Gasteiger partial charge in [0.1, 0.15) is 12.3 Å². The fraction of sp³-hybridized carbons (Fsp3) is 0.333. The lowest BCUT2D eigenvalue weighted by Crippen LogP contribution is -2.35. The predicted molar refractivity (Wildman–Crippen MR) is 74.3 cm³/mol. The van der Waals surface area contributed by atoms with Crippen LogP contribution in [-0.2, 0) is 14.3 Å². The Morgan fingerprint density at radius 3 is 2.68 bits per heavy atom. The number of halogens is 2. The quantitative estimate of drug-likeness (QED) is 0.763. The molecule has 0 radical (unpaired) electrons. The Bertz CT molecular complexity index is 481. The lowest BCUT2D eigenvalue weighted by atomic mass is 10.3. The maximum absolute atomic E-state index is 11.7. The van der Waals surface area contributed by atoms with Crippen LogP contribution in [-0.4, -0.2) is 44.1 Å². The number of carbonyl (C=O) groups excluding carboxylic acids is 2. The Labute approximate surface area is 124 Å². The number of likely N-dealkylation sites (N-methyl/N-ethyl adjacent to an activating group) is 1. The molecule has 19 heavy (non-hydrogen) atoms. The molecule has 0 heterocycles. The second kappa shape index (κ2) is 7.35. The second-order valence-electron chi connectivity index (χ2n) is 3.69. The molecule has 0 aliphatic heterocycles. The molecule has 1 amide bonds. The second-order valence-corrected chi connectivity index (χ2v) is 5.01. The summed E-state index contributed by atoms with van der Waals surface area (Å²) in [7, 11) is 2.75. The molecule has 1 aromatic rings. The number of hydrogen-bond donors (Lipinski definition) is 0. The number of nitrogens with zero attached hydrogens (tertiary/aromatic N) is 1. The SMILES string of the molecule is COC(=O)CN(C)C(=O)COc1ccc(Br)cc1Cl. The summed E-state index contributed by atoms with van der Waals surface area (Å²) in [6.45, 7) is -0.318. The molecule has 0 saturated carbocycles. The zero-order chi connectivity index (χ0) is 14.4. The minimum atomic E-state index is -0.488. The van der Waals surface area contributed by atoms with Crippen molar-refractivity contribution in [3.8, 4) is 5.75 Å². The van der Waals surface area contributed by atoms with Crippen LogP contribution in [0.1, 0.15) is 0 Å². The highest BCUT2D eigenvalue weighted by Gasteiger charge is 2.14.